The van der Waals surface area contributed by atoms with Crippen LogP contribution in [0.1, 0.15) is 42.6 Å². The van der Waals surface area contributed by atoms with Crippen molar-refractivity contribution < 1.29 is 17.9 Å². The van der Waals surface area contributed by atoms with E-state index in [1.807, 2.05) is 60.7 Å². The monoisotopic (exact) mass is 534 g/mol. The van der Waals surface area contributed by atoms with Crippen LogP contribution >= 0.6 is 0 Å². The zero-order chi connectivity index (χ0) is 27.1. The average Bonchev–Trinajstić information content (AvgIpc) is 2.95. The molecular weight excluding hydrogens is 496 g/mol. The molecule has 0 amide bonds. The predicted molar refractivity (Wildman–Crippen MR) is 154 cm³/mol. The molecule has 3 aromatic rings. The molecule has 0 radical (unpaired) electrons. The van der Waals surface area contributed by atoms with E-state index in [0.717, 1.165) is 35.5 Å². The molecule has 6 nitrogen and oxygen atoms in total. The third kappa shape index (κ3) is 6.52. The van der Waals surface area contributed by atoms with Crippen molar-refractivity contribution in [3.05, 3.63) is 83.9 Å². The van der Waals surface area contributed by atoms with Gasteiger partial charge in [-0.25, -0.2) is 8.42 Å². The largest absolute Gasteiger partial charge is 0.380 e. The van der Waals surface area contributed by atoms with Gasteiger partial charge in [-0.05, 0) is 92.9 Å². The molecule has 0 aliphatic carbocycles. The SMILES string of the molecule is CCN(CC)c1ccc(C(=O)CN2CCC(S(=O)(=O)c3ccc(-c4ccc(COC)cc4)cc3)CC2)cc1. The lowest BCUT2D eigenvalue weighted by Gasteiger charge is -2.31. The summed E-state index contributed by atoms with van der Waals surface area (Å²) in [6.45, 7) is 8.15. The number of likely N-dealkylation sites (tertiary alicyclic amines) is 1. The van der Waals surface area contributed by atoms with Crippen LogP contribution in [0.3, 0.4) is 0 Å². The van der Waals surface area contributed by atoms with E-state index in [1.165, 1.54) is 0 Å². The van der Waals surface area contributed by atoms with Crippen LogP contribution in [-0.2, 0) is 21.2 Å². The minimum atomic E-state index is -3.43. The Morgan fingerprint density at radius 2 is 1.42 bits per heavy atom. The number of nitrogens with zero attached hydrogens (tertiary/aromatic N) is 2. The summed E-state index contributed by atoms with van der Waals surface area (Å²) < 4.78 is 31.8. The Hall–Kier alpha value is -3.00. The summed E-state index contributed by atoms with van der Waals surface area (Å²) in [6.07, 6.45) is 1.05. The third-order valence-corrected chi connectivity index (χ3v) is 9.72. The van der Waals surface area contributed by atoms with E-state index in [9.17, 15) is 13.2 Å². The van der Waals surface area contributed by atoms with Gasteiger partial charge in [0.25, 0.3) is 0 Å². The van der Waals surface area contributed by atoms with Gasteiger partial charge in [-0.15, -0.1) is 0 Å². The zero-order valence-corrected chi connectivity index (χ0v) is 23.4. The molecule has 0 N–H and O–H groups in total. The maximum absolute atomic E-state index is 13.3. The first-order valence-corrected chi connectivity index (χ1v) is 14.9. The third-order valence-electron chi connectivity index (χ3n) is 7.44. The zero-order valence-electron chi connectivity index (χ0n) is 22.6. The maximum Gasteiger partial charge on any atom is 0.181 e. The van der Waals surface area contributed by atoms with Crippen LogP contribution in [-0.4, -0.2) is 64.2 Å². The molecule has 1 fully saturated rings. The quantitative estimate of drug-likeness (QED) is 0.304. The fourth-order valence-corrected chi connectivity index (χ4v) is 6.84. The van der Waals surface area contributed by atoms with E-state index in [0.29, 0.717) is 49.5 Å². The number of rotatable bonds is 11. The van der Waals surface area contributed by atoms with Gasteiger partial charge in [0, 0.05) is 31.5 Å². The number of benzene rings is 3. The Morgan fingerprint density at radius 3 is 1.95 bits per heavy atom. The van der Waals surface area contributed by atoms with Gasteiger partial charge in [0.2, 0.25) is 0 Å². The second-order valence-electron chi connectivity index (χ2n) is 9.82. The van der Waals surface area contributed by atoms with Crippen LogP contribution in [0, 0.1) is 0 Å². The number of hydrogen-bond donors (Lipinski definition) is 0. The molecule has 0 saturated carbocycles. The summed E-state index contributed by atoms with van der Waals surface area (Å²) in [5.41, 5.74) is 4.92. The van der Waals surface area contributed by atoms with Crippen molar-refractivity contribution in [3.63, 3.8) is 0 Å². The van der Waals surface area contributed by atoms with Gasteiger partial charge in [-0.3, -0.25) is 9.69 Å². The highest BCUT2D eigenvalue weighted by atomic mass is 32.2. The Kier molecular flexibility index (Phi) is 9.36. The number of carbonyl (C=O) groups is 1. The van der Waals surface area contributed by atoms with E-state index in [2.05, 4.69) is 23.6 Å². The highest BCUT2D eigenvalue weighted by Crippen LogP contribution is 2.28. The van der Waals surface area contributed by atoms with Crippen LogP contribution in [0.15, 0.2) is 77.7 Å². The lowest BCUT2D eigenvalue weighted by molar-refractivity contribution is 0.0916. The van der Waals surface area contributed by atoms with E-state index in [4.69, 9.17) is 4.74 Å². The number of carbonyl (C=O) groups excluding carboxylic acids is 1. The van der Waals surface area contributed by atoms with Crippen molar-refractivity contribution in [2.45, 2.75) is 43.4 Å². The molecular formula is C31H38N2O4S. The summed E-state index contributed by atoms with van der Waals surface area (Å²) in [5.74, 6) is 0.0724. The topological polar surface area (TPSA) is 66.9 Å². The molecule has 0 atom stereocenters. The fourth-order valence-electron chi connectivity index (χ4n) is 5.11. The highest BCUT2D eigenvalue weighted by molar-refractivity contribution is 7.92. The number of ketones is 1. The van der Waals surface area contributed by atoms with Gasteiger partial charge in [0.15, 0.2) is 15.6 Å². The molecule has 3 aromatic carbocycles. The summed E-state index contributed by atoms with van der Waals surface area (Å²) in [4.78, 5) is 17.5. The lowest BCUT2D eigenvalue weighted by atomic mass is 10.0. The van der Waals surface area contributed by atoms with E-state index in [1.54, 1.807) is 19.2 Å². The van der Waals surface area contributed by atoms with Crippen molar-refractivity contribution in [1.82, 2.24) is 4.90 Å². The average molecular weight is 535 g/mol. The van der Waals surface area contributed by atoms with Gasteiger partial charge in [0.1, 0.15) is 0 Å². The van der Waals surface area contributed by atoms with Crippen molar-refractivity contribution in [1.29, 1.82) is 0 Å². The molecule has 1 aliphatic heterocycles. The molecule has 1 heterocycles. The van der Waals surface area contributed by atoms with Gasteiger partial charge >= 0.3 is 0 Å². The van der Waals surface area contributed by atoms with Crippen molar-refractivity contribution in [2.24, 2.45) is 0 Å². The van der Waals surface area contributed by atoms with Crippen LogP contribution in [0.2, 0.25) is 0 Å². The van der Waals surface area contributed by atoms with Crippen LogP contribution < -0.4 is 4.90 Å². The fraction of sp³-hybridized carbons (Fsp3) is 0.387. The molecule has 1 aliphatic rings. The molecule has 1 saturated heterocycles. The summed E-state index contributed by atoms with van der Waals surface area (Å²) in [6, 6.07) is 23.0. The van der Waals surface area contributed by atoms with Gasteiger partial charge in [0.05, 0.1) is 23.3 Å². The maximum atomic E-state index is 13.3. The second-order valence-corrected chi connectivity index (χ2v) is 12.0. The lowest BCUT2D eigenvalue weighted by Crippen LogP contribution is -2.41. The first-order valence-electron chi connectivity index (χ1n) is 13.4. The minimum Gasteiger partial charge on any atom is -0.380 e. The molecule has 7 heteroatoms. The smallest absolute Gasteiger partial charge is 0.181 e. The Balaban J connectivity index is 1.33. The standard InChI is InChI=1S/C31H38N2O4S/c1-4-33(5-2)28-14-10-27(11-15-28)31(34)22-32-20-18-30(19-21-32)38(35,36)29-16-12-26(13-17-29)25-8-6-24(7-9-25)23-37-3/h6-17,30H,4-5,18-23H2,1-3H3. The van der Waals surface area contributed by atoms with Crippen LogP contribution in [0.25, 0.3) is 11.1 Å². The second kappa shape index (κ2) is 12.7. The van der Waals surface area contributed by atoms with Crippen LogP contribution in [0.5, 0.6) is 0 Å². The Labute approximate surface area is 227 Å². The van der Waals surface area contributed by atoms with E-state index < -0.39 is 15.1 Å². The van der Waals surface area contributed by atoms with Crippen molar-refractivity contribution >= 4 is 21.3 Å². The number of Topliss-reactive ketones (excluding diaryl/α,β-unsaturated/α-hetero) is 1. The van der Waals surface area contributed by atoms with Gasteiger partial charge in [-0.1, -0.05) is 36.4 Å². The van der Waals surface area contributed by atoms with E-state index >= 15 is 0 Å². The Morgan fingerprint density at radius 1 is 0.868 bits per heavy atom. The number of hydrogen-bond acceptors (Lipinski definition) is 6. The number of sulfone groups is 1. The highest BCUT2D eigenvalue weighted by Gasteiger charge is 2.32. The van der Waals surface area contributed by atoms with Crippen molar-refractivity contribution in [2.75, 3.05) is 44.7 Å². The summed E-state index contributed by atoms with van der Waals surface area (Å²) in [7, 11) is -1.76. The van der Waals surface area contributed by atoms with Crippen LogP contribution in [0.4, 0.5) is 5.69 Å². The predicted octanol–water partition coefficient (Wildman–Crippen LogP) is 5.47. The number of piperidine rings is 1. The summed E-state index contributed by atoms with van der Waals surface area (Å²) >= 11 is 0. The first-order chi connectivity index (χ1) is 18.3. The van der Waals surface area contributed by atoms with E-state index in [-0.39, 0.29) is 5.78 Å². The molecule has 0 aromatic heterocycles. The molecule has 0 spiro atoms. The van der Waals surface area contributed by atoms with Gasteiger partial charge in [-0.2, -0.15) is 0 Å². The first kappa shape index (κ1) is 28.0. The number of methoxy groups -OCH3 is 1. The molecule has 0 bridgehead atoms. The molecule has 202 valence electrons. The number of anilines is 1. The minimum absolute atomic E-state index is 0.0724. The Bertz CT molecular complexity index is 1290. The van der Waals surface area contributed by atoms with Gasteiger partial charge < -0.3 is 9.64 Å². The molecule has 0 unspecified atom stereocenters. The van der Waals surface area contributed by atoms with Crippen molar-refractivity contribution in [3.8, 4) is 11.1 Å². The number of ether oxygens (including phenoxy) is 1. The molecule has 38 heavy (non-hydrogen) atoms. The normalized spacial score (nSPS) is 14.9. The summed E-state index contributed by atoms with van der Waals surface area (Å²) in [5, 5.41) is -0.429. The molecule has 4 rings (SSSR count).